The van der Waals surface area contributed by atoms with Crippen LogP contribution in [-0.2, 0) is 4.79 Å². The summed E-state index contributed by atoms with van der Waals surface area (Å²) in [5, 5.41) is 3.15. The van der Waals surface area contributed by atoms with Gasteiger partial charge in [-0.3, -0.25) is 4.79 Å². The summed E-state index contributed by atoms with van der Waals surface area (Å²) in [5.74, 6) is 0.545. The molecule has 2 atom stereocenters. The molecular weight excluding hydrogens is 188 g/mol. The van der Waals surface area contributed by atoms with Gasteiger partial charge in [-0.05, 0) is 25.7 Å². The Morgan fingerprint density at radius 1 is 1.00 bits per heavy atom. The molecule has 86 valence electrons. The van der Waals surface area contributed by atoms with Gasteiger partial charge in [0.2, 0.25) is 5.91 Å². The molecule has 3 N–H and O–H groups in total. The molecule has 2 aliphatic rings. The molecule has 2 rings (SSSR count). The van der Waals surface area contributed by atoms with Crippen LogP contribution in [0.25, 0.3) is 0 Å². The number of hydrogen-bond acceptors (Lipinski definition) is 2. The lowest BCUT2D eigenvalue weighted by Crippen LogP contribution is -2.49. The summed E-state index contributed by atoms with van der Waals surface area (Å²) in [6, 6.07) is 0.414. The molecule has 0 aliphatic heterocycles. The highest BCUT2D eigenvalue weighted by molar-refractivity contribution is 5.79. The van der Waals surface area contributed by atoms with Crippen LogP contribution in [0.3, 0.4) is 0 Å². The summed E-state index contributed by atoms with van der Waals surface area (Å²) in [5.41, 5.74) is 6.07. The van der Waals surface area contributed by atoms with Gasteiger partial charge in [0.25, 0.3) is 0 Å². The average Bonchev–Trinajstić information content (AvgIpc) is 2.29. The molecule has 3 heteroatoms. The molecule has 3 nitrogen and oxygen atoms in total. The van der Waals surface area contributed by atoms with Crippen molar-refractivity contribution in [2.24, 2.45) is 11.7 Å². The third-order valence-electron chi connectivity index (χ3n) is 3.87. The fourth-order valence-electron chi connectivity index (χ4n) is 2.49. The zero-order chi connectivity index (χ0) is 10.7. The van der Waals surface area contributed by atoms with E-state index in [0.717, 1.165) is 25.7 Å². The highest BCUT2D eigenvalue weighted by Crippen LogP contribution is 2.27. The number of nitrogens with two attached hydrogens (primary N) is 1. The quantitative estimate of drug-likeness (QED) is 0.680. The minimum absolute atomic E-state index is 0.177. The summed E-state index contributed by atoms with van der Waals surface area (Å²) in [4.78, 5) is 11.8. The number of carbonyl (C=O) groups excluding carboxylic acids is 1. The van der Waals surface area contributed by atoms with E-state index in [9.17, 15) is 4.79 Å². The lowest BCUT2D eigenvalue weighted by molar-refractivity contribution is -0.128. The minimum atomic E-state index is 0.177. The number of rotatable bonds is 2. The van der Waals surface area contributed by atoms with Crippen molar-refractivity contribution < 1.29 is 4.79 Å². The molecule has 2 fully saturated rings. The normalized spacial score (nSPS) is 32.9. The van der Waals surface area contributed by atoms with E-state index < -0.39 is 0 Å². The van der Waals surface area contributed by atoms with Crippen LogP contribution in [0.5, 0.6) is 0 Å². The van der Waals surface area contributed by atoms with Gasteiger partial charge in [0.1, 0.15) is 0 Å². The smallest absolute Gasteiger partial charge is 0.223 e. The van der Waals surface area contributed by atoms with E-state index in [1.807, 2.05) is 0 Å². The maximum atomic E-state index is 11.8. The van der Waals surface area contributed by atoms with Gasteiger partial charge in [-0.2, -0.15) is 0 Å². The lowest BCUT2D eigenvalue weighted by Gasteiger charge is -2.29. The van der Waals surface area contributed by atoms with Crippen molar-refractivity contribution in [1.82, 2.24) is 5.32 Å². The molecule has 0 heterocycles. The first-order chi connectivity index (χ1) is 7.27. The maximum absolute atomic E-state index is 11.8. The second-order valence-electron chi connectivity index (χ2n) is 5.04. The predicted molar refractivity (Wildman–Crippen MR) is 60.3 cm³/mol. The van der Waals surface area contributed by atoms with Gasteiger partial charge in [0.15, 0.2) is 0 Å². The summed E-state index contributed by atoms with van der Waals surface area (Å²) in [6.45, 7) is 0. The van der Waals surface area contributed by atoms with Crippen LogP contribution in [0.1, 0.15) is 51.4 Å². The molecule has 15 heavy (non-hydrogen) atoms. The highest BCUT2D eigenvalue weighted by Gasteiger charge is 2.29. The third-order valence-corrected chi connectivity index (χ3v) is 3.87. The van der Waals surface area contributed by atoms with Crippen molar-refractivity contribution in [2.45, 2.75) is 63.5 Å². The van der Waals surface area contributed by atoms with Crippen molar-refractivity contribution in [3.63, 3.8) is 0 Å². The van der Waals surface area contributed by atoms with E-state index >= 15 is 0 Å². The number of carbonyl (C=O) groups is 1. The van der Waals surface area contributed by atoms with Gasteiger partial charge >= 0.3 is 0 Å². The zero-order valence-electron chi connectivity index (χ0n) is 9.37. The molecule has 0 aromatic rings. The second kappa shape index (κ2) is 4.97. The molecule has 2 unspecified atom stereocenters. The van der Waals surface area contributed by atoms with Crippen LogP contribution in [0.15, 0.2) is 0 Å². The van der Waals surface area contributed by atoms with Gasteiger partial charge in [-0.25, -0.2) is 0 Å². The topological polar surface area (TPSA) is 55.1 Å². The van der Waals surface area contributed by atoms with E-state index in [4.69, 9.17) is 5.73 Å². The van der Waals surface area contributed by atoms with Gasteiger partial charge in [-0.1, -0.05) is 25.7 Å². The van der Waals surface area contributed by atoms with Crippen LogP contribution in [-0.4, -0.2) is 18.0 Å². The molecule has 0 aromatic heterocycles. The molecule has 0 spiro atoms. The Balaban J connectivity index is 1.82. The molecule has 0 saturated heterocycles. The summed E-state index contributed by atoms with van der Waals surface area (Å²) in [6.07, 6.45) is 9.20. The summed E-state index contributed by atoms with van der Waals surface area (Å²) < 4.78 is 0. The van der Waals surface area contributed by atoms with Gasteiger partial charge < -0.3 is 11.1 Å². The number of nitrogens with one attached hydrogen (secondary N) is 1. The van der Waals surface area contributed by atoms with Crippen LogP contribution in [0.2, 0.25) is 0 Å². The van der Waals surface area contributed by atoms with Crippen LogP contribution >= 0.6 is 0 Å². The SMILES string of the molecule is NC1CCCCCC1NC(=O)C1CCC1. The molecule has 2 aliphatic carbocycles. The van der Waals surface area contributed by atoms with Crippen LogP contribution < -0.4 is 11.1 Å². The van der Waals surface area contributed by atoms with Crippen molar-refractivity contribution in [3.8, 4) is 0 Å². The third kappa shape index (κ3) is 2.71. The van der Waals surface area contributed by atoms with Crippen LogP contribution in [0, 0.1) is 5.92 Å². The summed E-state index contributed by atoms with van der Waals surface area (Å²) >= 11 is 0. The van der Waals surface area contributed by atoms with E-state index in [1.54, 1.807) is 0 Å². The van der Waals surface area contributed by atoms with Crippen LogP contribution in [0.4, 0.5) is 0 Å². The first kappa shape index (κ1) is 10.9. The second-order valence-corrected chi connectivity index (χ2v) is 5.04. The standard InChI is InChI=1S/C12H22N2O/c13-10-7-2-1-3-8-11(10)14-12(15)9-5-4-6-9/h9-11H,1-8,13H2,(H,14,15). The fraction of sp³-hybridized carbons (Fsp3) is 0.917. The zero-order valence-corrected chi connectivity index (χ0v) is 9.37. The molecule has 0 aromatic carbocycles. The fourth-order valence-corrected chi connectivity index (χ4v) is 2.49. The van der Waals surface area contributed by atoms with E-state index in [2.05, 4.69) is 5.32 Å². The lowest BCUT2D eigenvalue weighted by atomic mass is 9.84. The summed E-state index contributed by atoms with van der Waals surface area (Å²) in [7, 11) is 0. The first-order valence-corrected chi connectivity index (χ1v) is 6.33. The van der Waals surface area contributed by atoms with E-state index in [-0.39, 0.29) is 18.0 Å². The Hall–Kier alpha value is -0.570. The minimum Gasteiger partial charge on any atom is -0.352 e. The van der Waals surface area contributed by atoms with E-state index in [1.165, 1.54) is 25.7 Å². The van der Waals surface area contributed by atoms with Crippen molar-refractivity contribution >= 4 is 5.91 Å². The number of hydrogen-bond donors (Lipinski definition) is 2. The van der Waals surface area contributed by atoms with Crippen molar-refractivity contribution in [3.05, 3.63) is 0 Å². The monoisotopic (exact) mass is 210 g/mol. The molecular formula is C12H22N2O. The Morgan fingerprint density at radius 3 is 2.40 bits per heavy atom. The molecule has 2 saturated carbocycles. The predicted octanol–water partition coefficient (Wildman–Crippen LogP) is 1.56. The number of amides is 1. The Morgan fingerprint density at radius 2 is 1.73 bits per heavy atom. The van der Waals surface area contributed by atoms with Crippen molar-refractivity contribution in [2.75, 3.05) is 0 Å². The van der Waals surface area contributed by atoms with Gasteiger partial charge in [-0.15, -0.1) is 0 Å². The highest BCUT2D eigenvalue weighted by atomic mass is 16.2. The van der Waals surface area contributed by atoms with Crippen molar-refractivity contribution in [1.29, 1.82) is 0 Å². The first-order valence-electron chi connectivity index (χ1n) is 6.33. The average molecular weight is 210 g/mol. The molecule has 1 amide bonds. The van der Waals surface area contributed by atoms with Gasteiger partial charge in [0.05, 0.1) is 0 Å². The largest absolute Gasteiger partial charge is 0.352 e. The molecule has 0 radical (unpaired) electrons. The van der Waals surface area contributed by atoms with E-state index in [0.29, 0.717) is 5.92 Å². The Kier molecular flexibility index (Phi) is 3.62. The molecule has 0 bridgehead atoms. The Bertz CT molecular complexity index is 226. The maximum Gasteiger partial charge on any atom is 0.223 e. The Labute approximate surface area is 91.8 Å². The van der Waals surface area contributed by atoms with Gasteiger partial charge in [0, 0.05) is 18.0 Å².